The third-order valence-corrected chi connectivity index (χ3v) is 3.54. The molecule has 0 aromatic heterocycles. The van der Waals surface area contributed by atoms with E-state index in [0.717, 1.165) is 0 Å². The Labute approximate surface area is 157 Å². The lowest BCUT2D eigenvalue weighted by Gasteiger charge is -2.08. The quantitative estimate of drug-likeness (QED) is 0.591. The lowest BCUT2D eigenvalue weighted by atomic mass is 10.1. The second-order valence-corrected chi connectivity index (χ2v) is 5.37. The van der Waals surface area contributed by atoms with Crippen LogP contribution < -0.4 is 4.74 Å². The molecule has 0 atom stereocenters. The first-order valence-corrected chi connectivity index (χ1v) is 8.39. The molecule has 2 aromatic carbocycles. The standard InChI is InChI=1S/C20H21NO6/c1-4-26-19(23)14-9-15(20(24)27-5-2)11-16(10-14)21-12-13-7-6-8-17(25-3)18(13)22/h6-12,22H,4-5H2,1-3H3. The number of ether oxygens (including phenoxy) is 3. The highest BCUT2D eigenvalue weighted by Gasteiger charge is 2.14. The highest BCUT2D eigenvalue weighted by Crippen LogP contribution is 2.29. The van der Waals surface area contributed by atoms with Crippen molar-refractivity contribution in [2.24, 2.45) is 4.99 Å². The predicted octanol–water partition coefficient (Wildman–Crippen LogP) is 3.50. The number of carbonyl (C=O) groups is 2. The van der Waals surface area contributed by atoms with E-state index >= 15 is 0 Å². The number of carbonyl (C=O) groups excluding carboxylic acids is 2. The number of hydrogen-bond acceptors (Lipinski definition) is 7. The SMILES string of the molecule is CCOC(=O)c1cc(N=Cc2cccc(OC)c2O)cc(C(=O)OCC)c1. The molecule has 0 fully saturated rings. The third kappa shape index (κ3) is 5.07. The monoisotopic (exact) mass is 371 g/mol. The Morgan fingerprint density at radius 1 is 1.04 bits per heavy atom. The number of phenolic OH excluding ortho intramolecular Hbond substituents is 1. The van der Waals surface area contributed by atoms with Gasteiger partial charge in [0.05, 0.1) is 37.1 Å². The number of methoxy groups -OCH3 is 1. The van der Waals surface area contributed by atoms with Crippen molar-refractivity contribution < 1.29 is 28.9 Å². The minimum absolute atomic E-state index is 0.0593. The number of aromatic hydroxyl groups is 1. The molecule has 7 heteroatoms. The lowest BCUT2D eigenvalue weighted by Crippen LogP contribution is -2.09. The van der Waals surface area contributed by atoms with Gasteiger partial charge in [-0.05, 0) is 44.2 Å². The van der Waals surface area contributed by atoms with E-state index in [0.29, 0.717) is 17.0 Å². The zero-order chi connectivity index (χ0) is 19.8. The summed E-state index contributed by atoms with van der Waals surface area (Å²) in [5.41, 5.74) is 1.13. The second kappa shape index (κ2) is 9.38. The van der Waals surface area contributed by atoms with Gasteiger partial charge in [-0.3, -0.25) is 4.99 Å². The molecular formula is C20H21NO6. The molecule has 0 saturated carbocycles. The van der Waals surface area contributed by atoms with Crippen molar-refractivity contribution >= 4 is 23.8 Å². The number of hydrogen-bond donors (Lipinski definition) is 1. The molecule has 0 aliphatic heterocycles. The molecule has 7 nitrogen and oxygen atoms in total. The number of phenols is 1. The van der Waals surface area contributed by atoms with Crippen LogP contribution in [0.25, 0.3) is 0 Å². The summed E-state index contributed by atoms with van der Waals surface area (Å²) >= 11 is 0. The summed E-state index contributed by atoms with van der Waals surface area (Å²) in [6, 6.07) is 9.37. The fraction of sp³-hybridized carbons (Fsp3) is 0.250. The summed E-state index contributed by atoms with van der Waals surface area (Å²) in [6.07, 6.45) is 1.41. The Morgan fingerprint density at radius 3 is 2.15 bits per heavy atom. The van der Waals surface area contributed by atoms with E-state index < -0.39 is 11.9 Å². The average molecular weight is 371 g/mol. The first-order chi connectivity index (χ1) is 13.0. The van der Waals surface area contributed by atoms with E-state index in [1.165, 1.54) is 31.5 Å². The van der Waals surface area contributed by atoms with Gasteiger partial charge >= 0.3 is 11.9 Å². The second-order valence-electron chi connectivity index (χ2n) is 5.37. The molecule has 1 N–H and O–H groups in total. The Bertz CT molecular complexity index is 823. The number of rotatable bonds is 7. The number of para-hydroxylation sites is 1. The zero-order valence-corrected chi connectivity index (χ0v) is 15.4. The number of aliphatic imine (C=N–C) groups is 1. The van der Waals surface area contributed by atoms with Crippen molar-refractivity contribution in [2.45, 2.75) is 13.8 Å². The van der Waals surface area contributed by atoms with Crippen LogP contribution in [0, 0.1) is 0 Å². The maximum absolute atomic E-state index is 12.1. The molecule has 0 unspecified atom stereocenters. The van der Waals surface area contributed by atoms with Gasteiger partial charge in [-0.15, -0.1) is 0 Å². The minimum Gasteiger partial charge on any atom is -0.504 e. The summed E-state index contributed by atoms with van der Waals surface area (Å²) in [4.78, 5) is 28.4. The molecule has 0 amide bonds. The molecule has 0 aliphatic carbocycles. The molecule has 0 saturated heterocycles. The normalized spacial score (nSPS) is 10.6. The summed E-state index contributed by atoms with van der Waals surface area (Å²) in [5.74, 6) is -0.879. The van der Waals surface area contributed by atoms with Gasteiger partial charge in [-0.25, -0.2) is 9.59 Å². The first-order valence-electron chi connectivity index (χ1n) is 8.39. The highest BCUT2D eigenvalue weighted by atomic mass is 16.5. The summed E-state index contributed by atoms with van der Waals surface area (Å²) in [5, 5.41) is 10.1. The summed E-state index contributed by atoms with van der Waals surface area (Å²) in [7, 11) is 1.45. The van der Waals surface area contributed by atoms with Gasteiger partial charge in [-0.1, -0.05) is 6.07 Å². The van der Waals surface area contributed by atoms with Gasteiger partial charge in [0.25, 0.3) is 0 Å². The molecule has 0 bridgehead atoms. The predicted molar refractivity (Wildman–Crippen MR) is 100 cm³/mol. The molecule has 0 radical (unpaired) electrons. The third-order valence-electron chi connectivity index (χ3n) is 3.54. The molecule has 0 heterocycles. The maximum Gasteiger partial charge on any atom is 0.338 e. The topological polar surface area (TPSA) is 94.4 Å². The largest absolute Gasteiger partial charge is 0.504 e. The molecule has 2 aromatic rings. The van der Waals surface area contributed by atoms with Crippen LogP contribution in [0.4, 0.5) is 5.69 Å². The van der Waals surface area contributed by atoms with Gasteiger partial charge in [0.15, 0.2) is 11.5 Å². The smallest absolute Gasteiger partial charge is 0.338 e. The van der Waals surface area contributed by atoms with Crippen LogP contribution in [-0.2, 0) is 9.47 Å². The van der Waals surface area contributed by atoms with Crippen LogP contribution in [0.5, 0.6) is 11.5 Å². The van der Waals surface area contributed by atoms with Gasteiger partial charge < -0.3 is 19.3 Å². The molecule has 2 rings (SSSR count). The lowest BCUT2D eigenvalue weighted by molar-refractivity contribution is 0.0525. The van der Waals surface area contributed by atoms with Gasteiger partial charge in [-0.2, -0.15) is 0 Å². The van der Waals surface area contributed by atoms with Crippen LogP contribution in [0.15, 0.2) is 41.4 Å². The zero-order valence-electron chi connectivity index (χ0n) is 15.4. The van der Waals surface area contributed by atoms with Gasteiger partial charge in [0.1, 0.15) is 0 Å². The Hall–Kier alpha value is -3.35. The van der Waals surface area contributed by atoms with E-state index in [-0.39, 0.29) is 30.1 Å². The van der Waals surface area contributed by atoms with Gasteiger partial charge in [0, 0.05) is 11.8 Å². The summed E-state index contributed by atoms with van der Waals surface area (Å²) < 4.78 is 15.0. The van der Waals surface area contributed by atoms with E-state index in [9.17, 15) is 14.7 Å². The Kier molecular flexibility index (Phi) is 6.93. The van der Waals surface area contributed by atoms with Crippen LogP contribution in [0.3, 0.4) is 0 Å². The highest BCUT2D eigenvalue weighted by molar-refractivity contribution is 5.97. The number of esters is 2. The van der Waals surface area contributed by atoms with Gasteiger partial charge in [0.2, 0.25) is 0 Å². The van der Waals surface area contributed by atoms with Crippen molar-refractivity contribution in [3.63, 3.8) is 0 Å². The van der Waals surface area contributed by atoms with Crippen molar-refractivity contribution in [1.29, 1.82) is 0 Å². The van der Waals surface area contributed by atoms with Crippen LogP contribution in [0.1, 0.15) is 40.1 Å². The molecule has 142 valence electrons. The molecule has 27 heavy (non-hydrogen) atoms. The van der Waals surface area contributed by atoms with Crippen molar-refractivity contribution in [2.75, 3.05) is 20.3 Å². The fourth-order valence-corrected chi connectivity index (χ4v) is 2.30. The van der Waals surface area contributed by atoms with E-state index in [1.54, 1.807) is 32.0 Å². The van der Waals surface area contributed by atoms with Crippen molar-refractivity contribution in [1.82, 2.24) is 0 Å². The minimum atomic E-state index is -0.565. The van der Waals surface area contributed by atoms with Crippen molar-refractivity contribution in [3.05, 3.63) is 53.1 Å². The van der Waals surface area contributed by atoms with E-state index in [1.807, 2.05) is 0 Å². The number of nitrogens with zero attached hydrogens (tertiary/aromatic N) is 1. The fourth-order valence-electron chi connectivity index (χ4n) is 2.30. The van der Waals surface area contributed by atoms with E-state index in [2.05, 4.69) is 4.99 Å². The maximum atomic E-state index is 12.1. The summed E-state index contributed by atoms with van der Waals surface area (Å²) in [6.45, 7) is 3.80. The number of benzene rings is 2. The average Bonchev–Trinajstić information content (AvgIpc) is 2.67. The van der Waals surface area contributed by atoms with Crippen LogP contribution in [0.2, 0.25) is 0 Å². The van der Waals surface area contributed by atoms with Crippen LogP contribution in [-0.4, -0.2) is 43.6 Å². The van der Waals surface area contributed by atoms with Crippen LogP contribution >= 0.6 is 0 Å². The van der Waals surface area contributed by atoms with Crippen molar-refractivity contribution in [3.8, 4) is 11.5 Å². The molecular weight excluding hydrogens is 350 g/mol. The first kappa shape index (κ1) is 20.0. The molecule has 0 aliphatic rings. The Balaban J connectivity index is 2.42. The molecule has 0 spiro atoms. The van der Waals surface area contributed by atoms with E-state index in [4.69, 9.17) is 14.2 Å². The Morgan fingerprint density at radius 2 is 1.63 bits per heavy atom.